The van der Waals surface area contributed by atoms with E-state index in [-0.39, 0.29) is 24.2 Å². The standard InChI is InChI=1S/C13H15F4NO.ClH/c1-2-3-7-11(18)9-5-4-6-10(8-9)19-13(16,17)12(14)15;/h2,4-6,8,11-12H,1,3,7,18H2;1H/t11-;/m1./s1. The Labute approximate surface area is 121 Å². The maximum Gasteiger partial charge on any atom is 0.461 e. The van der Waals surface area contributed by atoms with Crippen molar-refractivity contribution >= 4 is 12.4 Å². The zero-order chi connectivity index (χ0) is 14.5. The number of halogens is 5. The van der Waals surface area contributed by atoms with E-state index >= 15 is 0 Å². The molecule has 1 atom stereocenters. The molecule has 0 aromatic heterocycles. The van der Waals surface area contributed by atoms with Gasteiger partial charge < -0.3 is 10.5 Å². The van der Waals surface area contributed by atoms with Crippen LogP contribution in [0, 0.1) is 0 Å². The third-order valence-corrected chi connectivity index (χ3v) is 2.48. The molecule has 0 spiro atoms. The number of ether oxygens (including phenoxy) is 1. The lowest BCUT2D eigenvalue weighted by molar-refractivity contribution is -0.253. The van der Waals surface area contributed by atoms with Gasteiger partial charge >= 0.3 is 12.5 Å². The van der Waals surface area contributed by atoms with Crippen molar-refractivity contribution in [1.82, 2.24) is 0 Å². The largest absolute Gasteiger partial charge is 0.461 e. The number of benzene rings is 1. The van der Waals surface area contributed by atoms with E-state index in [4.69, 9.17) is 5.73 Å². The summed E-state index contributed by atoms with van der Waals surface area (Å²) in [7, 11) is 0. The van der Waals surface area contributed by atoms with Crippen LogP contribution in [0.2, 0.25) is 0 Å². The molecule has 20 heavy (non-hydrogen) atoms. The van der Waals surface area contributed by atoms with E-state index in [2.05, 4.69) is 11.3 Å². The van der Waals surface area contributed by atoms with Crippen molar-refractivity contribution in [3.05, 3.63) is 42.5 Å². The lowest BCUT2D eigenvalue weighted by Crippen LogP contribution is -2.33. The van der Waals surface area contributed by atoms with Gasteiger partial charge in [-0.1, -0.05) is 18.2 Å². The lowest BCUT2D eigenvalue weighted by atomic mass is 10.0. The van der Waals surface area contributed by atoms with Gasteiger partial charge in [0.2, 0.25) is 0 Å². The van der Waals surface area contributed by atoms with Crippen LogP contribution >= 0.6 is 12.4 Å². The average Bonchev–Trinajstić information content (AvgIpc) is 2.35. The fourth-order valence-electron chi connectivity index (χ4n) is 1.47. The second kappa shape index (κ2) is 8.11. The van der Waals surface area contributed by atoms with Gasteiger partial charge in [0, 0.05) is 6.04 Å². The minimum Gasteiger partial charge on any atom is -0.428 e. The van der Waals surface area contributed by atoms with Crippen molar-refractivity contribution < 1.29 is 22.3 Å². The maximum atomic E-state index is 12.8. The lowest BCUT2D eigenvalue weighted by Gasteiger charge is -2.18. The van der Waals surface area contributed by atoms with Gasteiger partial charge in [-0.15, -0.1) is 19.0 Å². The van der Waals surface area contributed by atoms with Crippen molar-refractivity contribution in [3.8, 4) is 5.75 Å². The zero-order valence-corrected chi connectivity index (χ0v) is 11.4. The van der Waals surface area contributed by atoms with Gasteiger partial charge in [0.1, 0.15) is 5.75 Å². The van der Waals surface area contributed by atoms with Crippen LogP contribution in [0.4, 0.5) is 17.6 Å². The fourth-order valence-corrected chi connectivity index (χ4v) is 1.47. The molecule has 0 amide bonds. The molecule has 0 bridgehead atoms. The average molecular weight is 314 g/mol. The minimum absolute atomic E-state index is 0. The highest BCUT2D eigenvalue weighted by atomic mass is 35.5. The Kier molecular flexibility index (Phi) is 7.60. The van der Waals surface area contributed by atoms with E-state index < -0.39 is 12.5 Å². The van der Waals surface area contributed by atoms with Gasteiger partial charge in [-0.2, -0.15) is 17.6 Å². The molecule has 0 saturated carbocycles. The van der Waals surface area contributed by atoms with Gasteiger partial charge in [-0.05, 0) is 30.5 Å². The Hall–Kier alpha value is -1.27. The number of allylic oxidation sites excluding steroid dienone is 1. The highest BCUT2D eigenvalue weighted by Crippen LogP contribution is 2.29. The van der Waals surface area contributed by atoms with Crippen LogP contribution in [0.15, 0.2) is 36.9 Å². The molecular formula is C13H16ClF4NO. The van der Waals surface area contributed by atoms with Gasteiger partial charge in [-0.3, -0.25) is 0 Å². The smallest absolute Gasteiger partial charge is 0.428 e. The van der Waals surface area contributed by atoms with Crippen LogP contribution in [0.25, 0.3) is 0 Å². The Morgan fingerprint density at radius 1 is 1.35 bits per heavy atom. The summed E-state index contributed by atoms with van der Waals surface area (Å²) in [4.78, 5) is 0. The van der Waals surface area contributed by atoms with E-state index in [0.717, 1.165) is 0 Å². The van der Waals surface area contributed by atoms with Crippen molar-refractivity contribution in [2.24, 2.45) is 5.73 Å². The molecule has 114 valence electrons. The van der Waals surface area contributed by atoms with Crippen molar-refractivity contribution in [2.45, 2.75) is 31.4 Å². The molecule has 0 aliphatic carbocycles. The summed E-state index contributed by atoms with van der Waals surface area (Å²) in [6, 6.07) is 5.09. The highest BCUT2D eigenvalue weighted by Gasteiger charge is 2.43. The Balaban J connectivity index is 0.00000361. The molecule has 7 heteroatoms. The predicted octanol–water partition coefficient (Wildman–Crippen LogP) is 4.31. The summed E-state index contributed by atoms with van der Waals surface area (Å²) < 4.78 is 53.5. The quantitative estimate of drug-likeness (QED) is 0.601. The number of hydrogen-bond donors (Lipinski definition) is 1. The van der Waals surface area contributed by atoms with Crippen LogP contribution in [0.1, 0.15) is 24.4 Å². The predicted molar refractivity (Wildman–Crippen MR) is 71.6 cm³/mol. The number of nitrogens with two attached hydrogens (primary N) is 1. The number of alkyl halides is 4. The summed E-state index contributed by atoms with van der Waals surface area (Å²) in [5.41, 5.74) is 6.38. The Morgan fingerprint density at radius 2 is 2.00 bits per heavy atom. The number of rotatable bonds is 7. The fraction of sp³-hybridized carbons (Fsp3) is 0.385. The molecule has 0 saturated heterocycles. The van der Waals surface area contributed by atoms with Gasteiger partial charge in [0.05, 0.1) is 0 Å². The van der Waals surface area contributed by atoms with E-state index in [1.807, 2.05) is 0 Å². The van der Waals surface area contributed by atoms with E-state index in [9.17, 15) is 17.6 Å². The van der Waals surface area contributed by atoms with Crippen LogP contribution in [-0.4, -0.2) is 12.5 Å². The second-order valence-electron chi connectivity index (χ2n) is 4.01. The molecule has 1 aromatic rings. The summed E-state index contributed by atoms with van der Waals surface area (Å²) in [6.45, 7) is 3.55. The normalized spacial score (nSPS) is 12.7. The zero-order valence-electron chi connectivity index (χ0n) is 10.6. The molecule has 1 aromatic carbocycles. The first-order valence-corrected chi connectivity index (χ1v) is 5.68. The molecule has 0 aliphatic rings. The first-order valence-electron chi connectivity index (χ1n) is 5.68. The SMILES string of the molecule is C=CCC[C@@H](N)c1cccc(OC(F)(F)C(F)F)c1.Cl. The molecular weight excluding hydrogens is 298 g/mol. The maximum absolute atomic E-state index is 12.8. The molecule has 0 heterocycles. The van der Waals surface area contributed by atoms with Crippen LogP contribution in [0.5, 0.6) is 5.75 Å². The Bertz CT molecular complexity index is 429. The molecule has 2 N–H and O–H groups in total. The van der Waals surface area contributed by atoms with Gasteiger partial charge in [0.15, 0.2) is 0 Å². The monoisotopic (exact) mass is 313 g/mol. The summed E-state index contributed by atoms with van der Waals surface area (Å²) in [6.07, 6.45) is -5.46. The van der Waals surface area contributed by atoms with Crippen LogP contribution in [0.3, 0.4) is 0 Å². The van der Waals surface area contributed by atoms with Gasteiger partial charge in [0.25, 0.3) is 0 Å². The van der Waals surface area contributed by atoms with Gasteiger partial charge in [-0.25, -0.2) is 0 Å². The third kappa shape index (κ3) is 5.38. The summed E-state index contributed by atoms with van der Waals surface area (Å²) in [5, 5.41) is 0. The molecule has 0 radical (unpaired) electrons. The first kappa shape index (κ1) is 18.7. The molecule has 0 fully saturated rings. The topological polar surface area (TPSA) is 35.2 Å². The molecule has 0 aliphatic heterocycles. The molecule has 1 rings (SSSR count). The molecule has 2 nitrogen and oxygen atoms in total. The van der Waals surface area contributed by atoms with E-state index in [1.165, 1.54) is 18.2 Å². The molecule has 0 unspecified atom stereocenters. The first-order chi connectivity index (χ1) is 8.86. The van der Waals surface area contributed by atoms with Crippen molar-refractivity contribution in [1.29, 1.82) is 0 Å². The Morgan fingerprint density at radius 3 is 2.55 bits per heavy atom. The van der Waals surface area contributed by atoms with E-state index in [0.29, 0.717) is 18.4 Å². The highest BCUT2D eigenvalue weighted by molar-refractivity contribution is 5.85. The van der Waals surface area contributed by atoms with Crippen molar-refractivity contribution in [3.63, 3.8) is 0 Å². The summed E-state index contributed by atoms with van der Waals surface area (Å²) in [5.74, 6) is -0.336. The van der Waals surface area contributed by atoms with Crippen molar-refractivity contribution in [2.75, 3.05) is 0 Å². The van der Waals surface area contributed by atoms with Crippen LogP contribution in [-0.2, 0) is 0 Å². The second-order valence-corrected chi connectivity index (χ2v) is 4.01. The summed E-state index contributed by atoms with van der Waals surface area (Å²) >= 11 is 0. The van der Waals surface area contributed by atoms with E-state index in [1.54, 1.807) is 12.1 Å². The third-order valence-electron chi connectivity index (χ3n) is 2.48. The van der Waals surface area contributed by atoms with Crippen LogP contribution < -0.4 is 10.5 Å². The minimum atomic E-state index is -4.51. The number of hydrogen-bond acceptors (Lipinski definition) is 2.